The van der Waals surface area contributed by atoms with E-state index in [1.54, 1.807) is 12.0 Å². The van der Waals surface area contributed by atoms with Gasteiger partial charge in [-0.05, 0) is 23.3 Å². The highest BCUT2D eigenvalue weighted by Gasteiger charge is 2.28. The Balaban J connectivity index is 1.83. The van der Waals surface area contributed by atoms with Crippen molar-refractivity contribution in [1.29, 1.82) is 0 Å². The van der Waals surface area contributed by atoms with E-state index in [0.717, 1.165) is 17.9 Å². The number of rotatable bonds is 6. The van der Waals surface area contributed by atoms with Crippen LogP contribution >= 0.6 is 0 Å². The normalized spacial score (nSPS) is 17.8. The fraction of sp³-hybridized carbons (Fsp3) is 0.400. The number of aliphatic hydroxyl groups excluding tert-OH is 1. The fourth-order valence-corrected chi connectivity index (χ4v) is 3.54. The Hall–Kier alpha value is -1.84. The van der Waals surface area contributed by atoms with Crippen molar-refractivity contribution in [2.24, 2.45) is 0 Å². The summed E-state index contributed by atoms with van der Waals surface area (Å²) in [6.45, 7) is 3.43. The van der Waals surface area contributed by atoms with Crippen LogP contribution < -0.4 is 9.64 Å². The number of aliphatic hydroxyl groups is 1. The Kier molecular flexibility index (Phi) is 5.31. The van der Waals surface area contributed by atoms with E-state index in [2.05, 4.69) is 24.3 Å². The van der Waals surface area contributed by atoms with Gasteiger partial charge in [-0.2, -0.15) is 0 Å². The van der Waals surface area contributed by atoms with E-state index in [-0.39, 0.29) is 5.92 Å². The quantitative estimate of drug-likeness (QED) is 0.857. The van der Waals surface area contributed by atoms with Crippen LogP contribution in [0.4, 0.5) is 0 Å². The smallest absolute Gasteiger partial charge is 0.118 e. The zero-order valence-electron chi connectivity index (χ0n) is 13.7. The average molecular weight is 312 g/mol. The summed E-state index contributed by atoms with van der Waals surface area (Å²) in [6.07, 6.45) is 2.11. The second-order valence-electron chi connectivity index (χ2n) is 6.40. The van der Waals surface area contributed by atoms with Crippen molar-refractivity contribution in [3.63, 3.8) is 0 Å². The second-order valence-corrected chi connectivity index (χ2v) is 6.40. The van der Waals surface area contributed by atoms with Crippen LogP contribution in [0.25, 0.3) is 0 Å². The molecule has 2 N–H and O–H groups in total. The van der Waals surface area contributed by atoms with Crippen LogP contribution in [0.15, 0.2) is 54.6 Å². The third kappa shape index (κ3) is 3.92. The van der Waals surface area contributed by atoms with Crippen molar-refractivity contribution >= 4 is 0 Å². The number of methoxy groups -OCH3 is 1. The fourth-order valence-electron chi connectivity index (χ4n) is 3.54. The molecule has 1 heterocycles. The first-order chi connectivity index (χ1) is 11.3. The van der Waals surface area contributed by atoms with Gasteiger partial charge in [-0.3, -0.25) is 0 Å². The molecule has 1 aliphatic rings. The molecule has 0 saturated carbocycles. The summed E-state index contributed by atoms with van der Waals surface area (Å²) in [5.41, 5.74) is 2.17. The maximum atomic E-state index is 11.0. The monoisotopic (exact) mass is 312 g/mol. The van der Waals surface area contributed by atoms with Gasteiger partial charge in [0.1, 0.15) is 5.75 Å². The van der Waals surface area contributed by atoms with Gasteiger partial charge in [-0.15, -0.1) is 0 Å². The van der Waals surface area contributed by atoms with Gasteiger partial charge in [0.25, 0.3) is 0 Å². The number of benzene rings is 2. The summed E-state index contributed by atoms with van der Waals surface area (Å²) < 4.78 is 5.22. The molecular formula is C20H26NO2+. The Morgan fingerprint density at radius 1 is 0.957 bits per heavy atom. The van der Waals surface area contributed by atoms with E-state index >= 15 is 0 Å². The second kappa shape index (κ2) is 7.62. The van der Waals surface area contributed by atoms with Gasteiger partial charge >= 0.3 is 0 Å². The Labute approximate surface area is 138 Å². The highest BCUT2D eigenvalue weighted by atomic mass is 16.5. The molecule has 0 amide bonds. The molecule has 2 aromatic rings. The molecule has 1 aliphatic heterocycles. The lowest BCUT2D eigenvalue weighted by Crippen LogP contribution is -3.10. The minimum atomic E-state index is -0.489. The summed E-state index contributed by atoms with van der Waals surface area (Å²) in [5, 5.41) is 11.0. The number of quaternary nitrogens is 1. The van der Waals surface area contributed by atoms with Gasteiger partial charge in [0, 0.05) is 12.8 Å². The predicted octanol–water partition coefficient (Wildman–Crippen LogP) is 2.19. The van der Waals surface area contributed by atoms with Crippen molar-refractivity contribution in [2.45, 2.75) is 24.9 Å². The predicted molar refractivity (Wildman–Crippen MR) is 91.9 cm³/mol. The van der Waals surface area contributed by atoms with Gasteiger partial charge in [0.2, 0.25) is 0 Å². The lowest BCUT2D eigenvalue weighted by Gasteiger charge is -2.26. The molecule has 2 atom stereocenters. The van der Waals surface area contributed by atoms with Crippen LogP contribution in [-0.2, 0) is 0 Å². The number of hydrogen-bond donors (Lipinski definition) is 2. The highest BCUT2D eigenvalue weighted by Crippen LogP contribution is 2.31. The number of likely N-dealkylation sites (tertiary alicyclic amines) is 1. The zero-order chi connectivity index (χ0) is 16.1. The van der Waals surface area contributed by atoms with Gasteiger partial charge in [-0.1, -0.05) is 42.5 Å². The molecule has 1 fully saturated rings. The molecule has 3 heteroatoms. The van der Waals surface area contributed by atoms with Crippen molar-refractivity contribution in [3.8, 4) is 5.75 Å². The molecular weight excluding hydrogens is 286 g/mol. The number of ether oxygens (including phenoxy) is 1. The first-order valence-corrected chi connectivity index (χ1v) is 8.48. The first kappa shape index (κ1) is 16.0. The van der Waals surface area contributed by atoms with E-state index in [9.17, 15) is 5.11 Å². The average Bonchev–Trinajstić information content (AvgIpc) is 3.13. The minimum Gasteiger partial charge on any atom is -0.497 e. The van der Waals surface area contributed by atoms with Crippen LogP contribution in [0.5, 0.6) is 5.75 Å². The molecule has 0 bridgehead atoms. The largest absolute Gasteiger partial charge is 0.497 e. The van der Waals surface area contributed by atoms with Crippen molar-refractivity contribution in [3.05, 3.63) is 65.7 Å². The van der Waals surface area contributed by atoms with Crippen LogP contribution in [0, 0.1) is 0 Å². The topological polar surface area (TPSA) is 33.9 Å². The Bertz CT molecular complexity index is 591. The maximum absolute atomic E-state index is 11.0. The summed E-state index contributed by atoms with van der Waals surface area (Å²) in [6, 6.07) is 18.2. The molecule has 0 aromatic heterocycles. The van der Waals surface area contributed by atoms with Gasteiger partial charge in [0.05, 0.1) is 38.8 Å². The van der Waals surface area contributed by atoms with Crippen molar-refractivity contribution in [1.82, 2.24) is 0 Å². The number of hydrogen-bond acceptors (Lipinski definition) is 2. The molecule has 0 unspecified atom stereocenters. The standard InChI is InChI=1S/C20H25NO2/c1-23-18-11-9-17(10-12-18)20(22)19(15-21-13-5-6-14-21)16-7-3-2-4-8-16/h2-4,7-12,19-20,22H,5-6,13-15H2,1H3/p+1/t19-,20+/m0/s1. The van der Waals surface area contributed by atoms with Crippen LogP contribution in [-0.4, -0.2) is 31.9 Å². The SMILES string of the molecule is COc1ccc([C@@H](O)[C@@H](C[NH+]2CCCC2)c2ccccc2)cc1. The van der Waals surface area contributed by atoms with Crippen molar-refractivity contribution < 1.29 is 14.7 Å². The lowest BCUT2D eigenvalue weighted by atomic mass is 9.88. The summed E-state index contributed by atoms with van der Waals surface area (Å²) in [5.74, 6) is 0.945. The summed E-state index contributed by atoms with van der Waals surface area (Å²) in [4.78, 5) is 1.60. The molecule has 23 heavy (non-hydrogen) atoms. The maximum Gasteiger partial charge on any atom is 0.118 e. The van der Waals surface area contributed by atoms with E-state index in [1.807, 2.05) is 30.3 Å². The van der Waals surface area contributed by atoms with E-state index in [1.165, 1.54) is 31.5 Å². The summed E-state index contributed by atoms with van der Waals surface area (Å²) >= 11 is 0. The third-order valence-electron chi connectivity index (χ3n) is 4.89. The third-order valence-corrected chi connectivity index (χ3v) is 4.89. The van der Waals surface area contributed by atoms with Crippen LogP contribution in [0.2, 0.25) is 0 Å². The first-order valence-electron chi connectivity index (χ1n) is 8.48. The molecule has 1 saturated heterocycles. The highest BCUT2D eigenvalue weighted by molar-refractivity contribution is 5.31. The van der Waals surface area contributed by atoms with Gasteiger partial charge < -0.3 is 14.7 Å². The van der Waals surface area contributed by atoms with E-state index < -0.39 is 6.10 Å². The zero-order valence-corrected chi connectivity index (χ0v) is 13.7. The molecule has 3 nitrogen and oxygen atoms in total. The molecule has 3 rings (SSSR count). The Morgan fingerprint density at radius 2 is 1.61 bits per heavy atom. The Morgan fingerprint density at radius 3 is 2.22 bits per heavy atom. The van der Waals surface area contributed by atoms with E-state index in [0.29, 0.717) is 0 Å². The number of nitrogens with one attached hydrogen (secondary N) is 1. The minimum absolute atomic E-state index is 0.123. The lowest BCUT2D eigenvalue weighted by molar-refractivity contribution is -0.889. The molecule has 122 valence electrons. The molecule has 0 aliphatic carbocycles. The van der Waals surface area contributed by atoms with Crippen LogP contribution in [0.3, 0.4) is 0 Å². The van der Waals surface area contributed by atoms with Crippen LogP contribution in [0.1, 0.15) is 36.0 Å². The van der Waals surface area contributed by atoms with Gasteiger partial charge in [-0.25, -0.2) is 0 Å². The molecule has 0 radical (unpaired) electrons. The van der Waals surface area contributed by atoms with Crippen molar-refractivity contribution in [2.75, 3.05) is 26.7 Å². The summed E-state index contributed by atoms with van der Waals surface area (Å²) in [7, 11) is 1.66. The van der Waals surface area contributed by atoms with E-state index in [4.69, 9.17) is 4.74 Å². The molecule has 2 aromatic carbocycles. The van der Waals surface area contributed by atoms with Gasteiger partial charge in [0.15, 0.2) is 0 Å². The molecule has 0 spiro atoms.